The maximum Gasteiger partial charge on any atom is 0.407 e. The van der Waals surface area contributed by atoms with E-state index in [2.05, 4.69) is 5.32 Å². The predicted molar refractivity (Wildman–Crippen MR) is 156 cm³/mol. The molecule has 3 aliphatic rings. The van der Waals surface area contributed by atoms with Gasteiger partial charge in [-0.1, -0.05) is 44.2 Å². The van der Waals surface area contributed by atoms with Gasteiger partial charge in [-0.2, -0.15) is 4.31 Å². The monoisotopic (exact) mass is 619 g/mol. The average molecular weight is 620 g/mol. The number of ether oxygens (including phenoxy) is 5. The number of nitrogens with zero attached hydrogens (tertiary/aromatic N) is 1. The van der Waals surface area contributed by atoms with Crippen LogP contribution in [0.4, 0.5) is 4.79 Å². The Morgan fingerprint density at radius 3 is 2.70 bits per heavy atom. The standard InChI is InChI=1S/C30H41N3O9S/c1-30(2,11-12-31)18-33(43(36,37)21-8-9-25-26(15-21)41-19-40-25)16-24(34)23(14-20-6-4-3-5-7-20)32-29(35)42-27-17-39-28-22(27)10-13-38-28/h3-9,15,22-24,27-28,34H,10-14,16-19,31H2,1-2H3,(H,32,35)/t22?,23-,24?,27?,28?/m0/s1. The Kier molecular flexibility index (Phi) is 9.79. The van der Waals surface area contributed by atoms with E-state index in [4.69, 9.17) is 29.4 Å². The minimum absolute atomic E-state index is 0.00838. The Hall–Kier alpha value is -2.94. The molecule has 4 unspecified atom stereocenters. The van der Waals surface area contributed by atoms with Crippen molar-refractivity contribution in [3.8, 4) is 11.5 Å². The molecule has 0 saturated carbocycles. The highest BCUT2D eigenvalue weighted by molar-refractivity contribution is 7.89. The smallest absolute Gasteiger partial charge is 0.407 e. The van der Waals surface area contributed by atoms with Crippen LogP contribution in [0, 0.1) is 11.3 Å². The maximum absolute atomic E-state index is 14.0. The van der Waals surface area contributed by atoms with E-state index >= 15 is 0 Å². The third kappa shape index (κ3) is 7.59. The van der Waals surface area contributed by atoms with Crippen molar-refractivity contribution in [3.63, 3.8) is 0 Å². The second kappa shape index (κ2) is 13.4. The number of benzene rings is 2. The molecule has 2 aromatic rings. The van der Waals surface area contributed by atoms with Gasteiger partial charge < -0.3 is 39.8 Å². The zero-order valence-corrected chi connectivity index (χ0v) is 25.3. The molecule has 4 N–H and O–H groups in total. The average Bonchev–Trinajstić information content (AvgIpc) is 3.71. The molecule has 3 heterocycles. The van der Waals surface area contributed by atoms with E-state index < -0.39 is 39.8 Å². The lowest BCUT2D eigenvalue weighted by atomic mass is 9.89. The van der Waals surface area contributed by atoms with Crippen molar-refractivity contribution in [1.29, 1.82) is 0 Å². The van der Waals surface area contributed by atoms with Crippen molar-refractivity contribution in [2.45, 2.75) is 62.5 Å². The summed E-state index contributed by atoms with van der Waals surface area (Å²) in [7, 11) is -4.11. The number of fused-ring (bicyclic) bond motifs is 2. The van der Waals surface area contributed by atoms with Crippen LogP contribution in [0.5, 0.6) is 11.5 Å². The lowest BCUT2D eigenvalue weighted by Gasteiger charge is -2.35. The van der Waals surface area contributed by atoms with Crippen LogP contribution in [0.25, 0.3) is 0 Å². The van der Waals surface area contributed by atoms with Gasteiger partial charge in [-0.15, -0.1) is 0 Å². The highest BCUT2D eigenvalue weighted by Gasteiger charge is 2.44. The van der Waals surface area contributed by atoms with E-state index in [9.17, 15) is 18.3 Å². The highest BCUT2D eigenvalue weighted by atomic mass is 32.2. The molecule has 3 aliphatic heterocycles. The maximum atomic E-state index is 14.0. The fourth-order valence-corrected chi connectivity index (χ4v) is 7.40. The quantitative estimate of drug-likeness (QED) is 0.304. The van der Waals surface area contributed by atoms with Gasteiger partial charge in [0.25, 0.3) is 0 Å². The van der Waals surface area contributed by atoms with Crippen molar-refractivity contribution in [2.75, 3.05) is 39.6 Å². The van der Waals surface area contributed by atoms with Crippen LogP contribution in [-0.2, 0) is 30.7 Å². The minimum atomic E-state index is -4.11. The van der Waals surface area contributed by atoms with Crippen LogP contribution in [0.2, 0.25) is 0 Å². The Morgan fingerprint density at radius 1 is 1.16 bits per heavy atom. The third-order valence-electron chi connectivity index (χ3n) is 8.11. The van der Waals surface area contributed by atoms with Crippen LogP contribution in [0.1, 0.15) is 32.3 Å². The number of amides is 1. The topological polar surface area (TPSA) is 159 Å². The number of nitrogens with two attached hydrogens (primary N) is 1. The number of carbonyl (C=O) groups is 1. The first-order valence-corrected chi connectivity index (χ1v) is 16.0. The molecular formula is C30H41N3O9S. The Morgan fingerprint density at radius 2 is 1.93 bits per heavy atom. The summed E-state index contributed by atoms with van der Waals surface area (Å²) in [5, 5.41) is 14.4. The van der Waals surface area contributed by atoms with Gasteiger partial charge in [0.15, 0.2) is 17.8 Å². The third-order valence-corrected chi connectivity index (χ3v) is 9.92. The molecule has 43 heavy (non-hydrogen) atoms. The minimum Gasteiger partial charge on any atom is -0.454 e. The number of rotatable bonds is 13. The Bertz CT molecular complexity index is 1360. The summed E-state index contributed by atoms with van der Waals surface area (Å²) in [5.41, 5.74) is 6.19. The van der Waals surface area contributed by atoms with Crippen LogP contribution < -0.4 is 20.5 Å². The molecule has 12 nitrogen and oxygen atoms in total. The summed E-state index contributed by atoms with van der Waals surface area (Å²) in [6, 6.07) is 12.9. The highest BCUT2D eigenvalue weighted by Crippen LogP contribution is 2.36. The second-order valence-electron chi connectivity index (χ2n) is 12.0. The number of alkyl carbamates (subject to hydrolysis) is 1. The predicted octanol–water partition coefficient (Wildman–Crippen LogP) is 2.24. The number of hydrogen-bond donors (Lipinski definition) is 3. The molecule has 0 bridgehead atoms. The molecule has 0 aliphatic carbocycles. The Balaban J connectivity index is 1.37. The van der Waals surface area contributed by atoms with Gasteiger partial charge in [0.05, 0.1) is 36.2 Å². The van der Waals surface area contributed by atoms with E-state index in [0.29, 0.717) is 31.1 Å². The molecule has 5 atom stereocenters. The van der Waals surface area contributed by atoms with Gasteiger partial charge in [0, 0.05) is 19.2 Å². The summed E-state index contributed by atoms with van der Waals surface area (Å²) in [4.78, 5) is 13.1. The number of aliphatic hydroxyl groups excluding tert-OH is 1. The number of hydrogen-bond acceptors (Lipinski definition) is 10. The van der Waals surface area contributed by atoms with Gasteiger partial charge in [0.1, 0.15) is 6.10 Å². The molecule has 0 radical (unpaired) electrons. The van der Waals surface area contributed by atoms with Crippen molar-refractivity contribution in [3.05, 3.63) is 54.1 Å². The van der Waals surface area contributed by atoms with Gasteiger partial charge in [-0.25, -0.2) is 13.2 Å². The first kappa shape index (κ1) is 31.5. The van der Waals surface area contributed by atoms with E-state index in [1.807, 2.05) is 44.2 Å². The lowest BCUT2D eigenvalue weighted by molar-refractivity contribution is -0.0907. The Labute approximate surface area is 252 Å². The molecule has 0 aromatic heterocycles. The summed E-state index contributed by atoms with van der Waals surface area (Å²) >= 11 is 0. The normalized spacial score (nSPS) is 22.8. The number of carbonyl (C=O) groups excluding carboxylic acids is 1. The molecule has 5 rings (SSSR count). The zero-order chi connectivity index (χ0) is 30.6. The second-order valence-corrected chi connectivity index (χ2v) is 13.9. The van der Waals surface area contributed by atoms with Gasteiger partial charge in [-0.05, 0) is 48.9 Å². The zero-order valence-electron chi connectivity index (χ0n) is 24.5. The molecule has 1 amide bonds. The van der Waals surface area contributed by atoms with Gasteiger partial charge in [-0.3, -0.25) is 0 Å². The number of nitrogens with one attached hydrogen (secondary N) is 1. The van der Waals surface area contributed by atoms with E-state index in [0.717, 1.165) is 12.0 Å². The summed E-state index contributed by atoms with van der Waals surface area (Å²) in [6.07, 6.45) is -1.31. The van der Waals surface area contributed by atoms with Gasteiger partial charge >= 0.3 is 6.09 Å². The van der Waals surface area contributed by atoms with Crippen molar-refractivity contribution < 1.29 is 42.0 Å². The molecule has 2 saturated heterocycles. The fraction of sp³-hybridized carbons (Fsp3) is 0.567. The van der Waals surface area contributed by atoms with Crippen molar-refractivity contribution in [1.82, 2.24) is 9.62 Å². The summed E-state index contributed by atoms with van der Waals surface area (Å²) in [6.45, 7) is 4.80. The molecule has 2 aromatic carbocycles. The van der Waals surface area contributed by atoms with Crippen LogP contribution in [0.15, 0.2) is 53.4 Å². The van der Waals surface area contributed by atoms with Crippen LogP contribution >= 0.6 is 0 Å². The summed E-state index contributed by atoms with van der Waals surface area (Å²) < 4.78 is 56.9. The van der Waals surface area contributed by atoms with E-state index in [1.54, 1.807) is 6.07 Å². The van der Waals surface area contributed by atoms with Gasteiger partial charge in [0.2, 0.25) is 16.8 Å². The van der Waals surface area contributed by atoms with E-state index in [-0.39, 0.29) is 50.0 Å². The molecule has 0 spiro atoms. The molecule has 236 valence electrons. The first-order valence-electron chi connectivity index (χ1n) is 14.6. The SMILES string of the molecule is CC(C)(CCN)CN(CC(O)[C@H](Cc1ccccc1)NC(=O)OC1COC2OCCC12)S(=O)(=O)c1ccc2c(c1)OCO2. The number of aliphatic hydroxyl groups is 1. The van der Waals surface area contributed by atoms with Crippen molar-refractivity contribution in [2.24, 2.45) is 17.1 Å². The lowest BCUT2D eigenvalue weighted by Crippen LogP contribution is -2.52. The first-order chi connectivity index (χ1) is 20.6. The number of sulfonamides is 1. The molecule has 13 heteroatoms. The summed E-state index contributed by atoms with van der Waals surface area (Å²) in [5.74, 6) is 0.748. The fourth-order valence-electron chi connectivity index (χ4n) is 5.74. The van der Waals surface area contributed by atoms with Crippen molar-refractivity contribution >= 4 is 16.1 Å². The largest absolute Gasteiger partial charge is 0.454 e. The molecule has 2 fully saturated rings. The van der Waals surface area contributed by atoms with Crippen LogP contribution in [-0.4, -0.2) is 88.1 Å². The molecular weight excluding hydrogens is 578 g/mol. The van der Waals surface area contributed by atoms with Crippen LogP contribution in [0.3, 0.4) is 0 Å². The van der Waals surface area contributed by atoms with E-state index in [1.165, 1.54) is 16.4 Å².